The smallest absolute Gasteiger partial charge is 0.407 e. The first-order valence-corrected chi connectivity index (χ1v) is 9.15. The van der Waals surface area contributed by atoms with Gasteiger partial charge in [0, 0.05) is 24.0 Å². The van der Waals surface area contributed by atoms with Gasteiger partial charge in [-0.25, -0.2) is 13.2 Å². The van der Waals surface area contributed by atoms with Crippen LogP contribution in [0.25, 0.3) is 0 Å². The lowest BCUT2D eigenvalue weighted by atomic mass is 10.2. The highest BCUT2D eigenvalue weighted by Crippen LogP contribution is 2.15. The van der Waals surface area contributed by atoms with Crippen molar-refractivity contribution in [2.75, 3.05) is 22.8 Å². The molecule has 1 unspecified atom stereocenters. The summed E-state index contributed by atoms with van der Waals surface area (Å²) in [6.07, 6.45) is 0.641. The number of benzene rings is 1. The monoisotopic (exact) mass is 343 g/mol. The molecule has 8 heteroatoms. The van der Waals surface area contributed by atoms with E-state index in [4.69, 9.17) is 4.74 Å². The van der Waals surface area contributed by atoms with Gasteiger partial charge in [-0.1, -0.05) is 0 Å². The second kappa shape index (κ2) is 7.54. The fraction of sp³-hybridized carbons (Fsp3) is 0.533. The molecular weight excluding hydrogens is 318 g/mol. The van der Waals surface area contributed by atoms with Crippen LogP contribution in [0.4, 0.5) is 16.2 Å². The van der Waals surface area contributed by atoms with Crippen LogP contribution in [0.1, 0.15) is 27.7 Å². The topological polar surface area (TPSA) is 96.5 Å². The molecule has 1 rings (SSSR count). The maximum atomic E-state index is 11.6. The van der Waals surface area contributed by atoms with Gasteiger partial charge in [0.15, 0.2) is 0 Å². The number of hydrogen-bond acceptors (Lipinski definition) is 5. The van der Waals surface area contributed by atoms with Crippen molar-refractivity contribution in [1.82, 2.24) is 5.32 Å². The third-order valence-electron chi connectivity index (χ3n) is 2.55. The molecule has 1 aromatic carbocycles. The second-order valence-corrected chi connectivity index (χ2v) is 8.13. The molecule has 0 saturated carbocycles. The number of sulfonamides is 1. The number of hydrogen-bond donors (Lipinski definition) is 3. The van der Waals surface area contributed by atoms with E-state index < -0.39 is 21.7 Å². The van der Waals surface area contributed by atoms with E-state index in [0.29, 0.717) is 12.2 Å². The Kier molecular flexibility index (Phi) is 6.26. The summed E-state index contributed by atoms with van der Waals surface area (Å²) in [5.41, 5.74) is 0.795. The van der Waals surface area contributed by atoms with Gasteiger partial charge in [-0.3, -0.25) is 4.72 Å². The van der Waals surface area contributed by atoms with Crippen molar-refractivity contribution in [1.29, 1.82) is 0 Å². The zero-order valence-electron chi connectivity index (χ0n) is 14.1. The molecule has 0 aliphatic rings. The zero-order chi connectivity index (χ0) is 17.7. The van der Waals surface area contributed by atoms with Crippen LogP contribution in [0.15, 0.2) is 24.3 Å². The van der Waals surface area contributed by atoms with E-state index in [2.05, 4.69) is 15.4 Å². The molecule has 7 nitrogen and oxygen atoms in total. The highest BCUT2D eigenvalue weighted by atomic mass is 32.2. The van der Waals surface area contributed by atoms with E-state index >= 15 is 0 Å². The first kappa shape index (κ1) is 19.1. The summed E-state index contributed by atoms with van der Waals surface area (Å²) in [5.74, 6) is 0. The molecule has 0 radical (unpaired) electrons. The van der Waals surface area contributed by atoms with Crippen LogP contribution in [-0.4, -0.2) is 39.0 Å². The summed E-state index contributed by atoms with van der Waals surface area (Å²) < 4.78 is 29.8. The van der Waals surface area contributed by atoms with Gasteiger partial charge in [0.05, 0.1) is 6.26 Å². The minimum absolute atomic E-state index is 0.0174. The Hall–Kier alpha value is -1.96. The Bertz CT molecular complexity index is 621. The van der Waals surface area contributed by atoms with E-state index in [0.717, 1.165) is 11.9 Å². The number of nitrogens with one attached hydrogen (secondary N) is 3. The fourth-order valence-electron chi connectivity index (χ4n) is 1.73. The predicted octanol–water partition coefficient (Wildman–Crippen LogP) is 2.38. The molecule has 0 saturated heterocycles. The summed E-state index contributed by atoms with van der Waals surface area (Å²) in [4.78, 5) is 11.6. The van der Waals surface area contributed by atoms with Crippen molar-refractivity contribution in [2.24, 2.45) is 0 Å². The van der Waals surface area contributed by atoms with E-state index in [-0.39, 0.29) is 6.04 Å². The van der Waals surface area contributed by atoms with Gasteiger partial charge in [-0.2, -0.15) is 0 Å². The minimum atomic E-state index is -3.28. The highest BCUT2D eigenvalue weighted by molar-refractivity contribution is 7.92. The number of alkyl carbamates (subject to hydrolysis) is 1. The van der Waals surface area contributed by atoms with Gasteiger partial charge >= 0.3 is 6.09 Å². The largest absolute Gasteiger partial charge is 0.444 e. The van der Waals surface area contributed by atoms with Crippen LogP contribution in [0.5, 0.6) is 0 Å². The van der Waals surface area contributed by atoms with Crippen LogP contribution in [0, 0.1) is 0 Å². The molecule has 3 N–H and O–H groups in total. The van der Waals surface area contributed by atoms with Gasteiger partial charge in [0.2, 0.25) is 10.0 Å². The zero-order valence-corrected chi connectivity index (χ0v) is 15.0. The Morgan fingerprint density at radius 2 is 1.70 bits per heavy atom. The number of anilines is 2. The van der Waals surface area contributed by atoms with Crippen molar-refractivity contribution >= 4 is 27.5 Å². The fourth-order valence-corrected chi connectivity index (χ4v) is 2.30. The molecule has 0 aliphatic carbocycles. The molecule has 0 aromatic heterocycles. The average molecular weight is 343 g/mol. The molecule has 0 fully saturated rings. The van der Waals surface area contributed by atoms with Crippen molar-refractivity contribution in [3.63, 3.8) is 0 Å². The third kappa shape index (κ3) is 8.92. The molecule has 0 heterocycles. The van der Waals surface area contributed by atoms with Gasteiger partial charge < -0.3 is 15.4 Å². The first-order chi connectivity index (χ1) is 10.4. The van der Waals surface area contributed by atoms with Crippen molar-refractivity contribution in [2.45, 2.75) is 39.3 Å². The van der Waals surface area contributed by atoms with Crippen LogP contribution in [0.3, 0.4) is 0 Å². The minimum Gasteiger partial charge on any atom is -0.444 e. The van der Waals surface area contributed by atoms with Crippen LogP contribution >= 0.6 is 0 Å². The molecule has 1 amide bonds. The lowest BCUT2D eigenvalue weighted by molar-refractivity contribution is 0.0526. The highest BCUT2D eigenvalue weighted by Gasteiger charge is 2.16. The Labute approximate surface area is 137 Å². The third-order valence-corrected chi connectivity index (χ3v) is 3.16. The summed E-state index contributed by atoms with van der Waals surface area (Å²) in [6.45, 7) is 7.74. The van der Waals surface area contributed by atoms with Crippen molar-refractivity contribution in [3.8, 4) is 0 Å². The molecule has 23 heavy (non-hydrogen) atoms. The number of carbonyl (C=O) groups excluding carboxylic acids is 1. The molecule has 1 atom stereocenters. The van der Waals surface area contributed by atoms with Gasteiger partial charge in [0.1, 0.15) is 5.60 Å². The van der Waals surface area contributed by atoms with Gasteiger partial charge in [0.25, 0.3) is 0 Å². The molecule has 1 aromatic rings. The molecule has 0 aliphatic heterocycles. The summed E-state index contributed by atoms with van der Waals surface area (Å²) in [6, 6.07) is 6.83. The molecular formula is C15H25N3O4S. The number of amides is 1. The van der Waals surface area contributed by atoms with Crippen LogP contribution < -0.4 is 15.4 Å². The Balaban J connectivity index is 2.45. The summed E-state index contributed by atoms with van der Waals surface area (Å²) in [5, 5.41) is 5.89. The molecule has 0 spiro atoms. The van der Waals surface area contributed by atoms with E-state index in [1.807, 2.05) is 6.92 Å². The van der Waals surface area contributed by atoms with Gasteiger partial charge in [-0.05, 0) is 52.0 Å². The number of carbonyl (C=O) groups is 1. The van der Waals surface area contributed by atoms with E-state index in [1.165, 1.54) is 0 Å². The summed E-state index contributed by atoms with van der Waals surface area (Å²) >= 11 is 0. The quantitative estimate of drug-likeness (QED) is 0.737. The second-order valence-electron chi connectivity index (χ2n) is 6.38. The normalized spacial score (nSPS) is 13.1. The van der Waals surface area contributed by atoms with Crippen LogP contribution in [-0.2, 0) is 14.8 Å². The Morgan fingerprint density at radius 1 is 1.17 bits per heavy atom. The predicted molar refractivity (Wildman–Crippen MR) is 92.2 cm³/mol. The van der Waals surface area contributed by atoms with E-state index in [9.17, 15) is 13.2 Å². The lowest BCUT2D eigenvalue weighted by Crippen LogP contribution is -2.38. The number of rotatable bonds is 6. The first-order valence-electron chi connectivity index (χ1n) is 7.26. The average Bonchev–Trinajstić information content (AvgIpc) is 2.35. The summed E-state index contributed by atoms with van der Waals surface area (Å²) in [7, 11) is -3.28. The van der Waals surface area contributed by atoms with Crippen LogP contribution in [0.2, 0.25) is 0 Å². The van der Waals surface area contributed by atoms with Gasteiger partial charge in [-0.15, -0.1) is 0 Å². The standard InChI is InChI=1S/C15H25N3O4S/c1-11(10-16-14(19)22-15(2,3)4)17-12-6-8-13(9-7-12)18-23(5,20)21/h6-9,11,17-18H,10H2,1-5H3,(H,16,19). The van der Waals surface area contributed by atoms with Crippen molar-refractivity contribution in [3.05, 3.63) is 24.3 Å². The maximum absolute atomic E-state index is 11.6. The maximum Gasteiger partial charge on any atom is 0.407 e. The lowest BCUT2D eigenvalue weighted by Gasteiger charge is -2.21. The molecule has 130 valence electrons. The SMILES string of the molecule is CC(CNC(=O)OC(C)(C)C)Nc1ccc(NS(C)(=O)=O)cc1. The number of ether oxygens (including phenoxy) is 1. The Morgan fingerprint density at radius 3 is 2.17 bits per heavy atom. The van der Waals surface area contributed by atoms with Crippen molar-refractivity contribution < 1.29 is 17.9 Å². The van der Waals surface area contributed by atoms with E-state index in [1.54, 1.807) is 45.0 Å². The molecule has 0 bridgehead atoms.